The standard InChI is InChI=1S/C7H13NO/c1-4-5(2)6(3)7(8)9/h6H,2,4H2,1,3H3,(H2,8,9). The Morgan fingerprint density at radius 1 is 1.78 bits per heavy atom. The lowest BCUT2D eigenvalue weighted by atomic mass is 10.0. The largest absolute Gasteiger partial charge is 0.369 e. The first kappa shape index (κ1) is 8.21. The van der Waals surface area contributed by atoms with Crippen LogP contribution in [0, 0.1) is 5.92 Å². The van der Waals surface area contributed by atoms with Gasteiger partial charge in [-0.3, -0.25) is 4.79 Å². The SMILES string of the molecule is C=C(CC)C(C)C(N)=O. The number of hydrogen-bond donors (Lipinski definition) is 1. The lowest BCUT2D eigenvalue weighted by molar-refractivity contribution is -0.120. The Morgan fingerprint density at radius 3 is 2.33 bits per heavy atom. The Bertz CT molecular complexity index is 129. The minimum atomic E-state index is -0.290. The summed E-state index contributed by atoms with van der Waals surface area (Å²) in [6, 6.07) is 0. The van der Waals surface area contributed by atoms with Crippen molar-refractivity contribution in [1.29, 1.82) is 0 Å². The number of carbonyl (C=O) groups excluding carboxylic acids is 1. The molecule has 9 heavy (non-hydrogen) atoms. The summed E-state index contributed by atoms with van der Waals surface area (Å²) in [6.07, 6.45) is 0.824. The van der Waals surface area contributed by atoms with Crippen LogP contribution in [0.25, 0.3) is 0 Å². The van der Waals surface area contributed by atoms with Crippen LogP contribution in [0.3, 0.4) is 0 Å². The van der Waals surface area contributed by atoms with Gasteiger partial charge in [-0.25, -0.2) is 0 Å². The van der Waals surface area contributed by atoms with E-state index >= 15 is 0 Å². The molecule has 0 aliphatic carbocycles. The molecule has 1 atom stereocenters. The average Bonchev–Trinajstić information content (AvgIpc) is 1.84. The summed E-state index contributed by atoms with van der Waals surface area (Å²) in [6.45, 7) is 7.43. The van der Waals surface area contributed by atoms with Crippen molar-refractivity contribution in [2.45, 2.75) is 20.3 Å². The molecular weight excluding hydrogens is 114 g/mol. The van der Waals surface area contributed by atoms with Gasteiger partial charge in [-0.1, -0.05) is 19.1 Å². The number of hydrogen-bond acceptors (Lipinski definition) is 1. The predicted octanol–water partition coefficient (Wildman–Crippen LogP) is 1.07. The van der Waals surface area contributed by atoms with Crippen molar-refractivity contribution in [3.05, 3.63) is 12.2 Å². The minimum Gasteiger partial charge on any atom is -0.369 e. The summed E-state index contributed by atoms with van der Waals surface area (Å²) in [5.41, 5.74) is 5.92. The molecule has 2 N–H and O–H groups in total. The van der Waals surface area contributed by atoms with Gasteiger partial charge in [-0.2, -0.15) is 0 Å². The molecule has 0 aromatic rings. The van der Waals surface area contributed by atoms with E-state index < -0.39 is 0 Å². The Balaban J connectivity index is 3.88. The van der Waals surface area contributed by atoms with Crippen molar-refractivity contribution in [2.75, 3.05) is 0 Å². The van der Waals surface area contributed by atoms with Gasteiger partial charge in [0.2, 0.25) is 5.91 Å². The van der Waals surface area contributed by atoms with Crippen LogP contribution in [0.2, 0.25) is 0 Å². The summed E-state index contributed by atoms with van der Waals surface area (Å²) in [4.78, 5) is 10.5. The van der Waals surface area contributed by atoms with Crippen LogP contribution in [0.4, 0.5) is 0 Å². The first-order chi connectivity index (χ1) is 4.09. The van der Waals surface area contributed by atoms with Gasteiger partial charge in [0.15, 0.2) is 0 Å². The number of rotatable bonds is 3. The van der Waals surface area contributed by atoms with Gasteiger partial charge in [-0.15, -0.1) is 0 Å². The molecule has 0 saturated heterocycles. The molecular formula is C7H13NO. The van der Waals surface area contributed by atoms with Crippen LogP contribution in [-0.4, -0.2) is 5.91 Å². The van der Waals surface area contributed by atoms with E-state index in [1.54, 1.807) is 6.92 Å². The van der Waals surface area contributed by atoms with E-state index in [2.05, 4.69) is 6.58 Å². The Kier molecular flexibility index (Phi) is 2.99. The van der Waals surface area contributed by atoms with Crippen molar-refractivity contribution >= 4 is 5.91 Å². The number of nitrogens with two attached hydrogens (primary N) is 1. The van der Waals surface area contributed by atoms with Gasteiger partial charge in [0.1, 0.15) is 0 Å². The first-order valence-electron chi connectivity index (χ1n) is 3.06. The molecule has 0 rings (SSSR count). The van der Waals surface area contributed by atoms with Crippen molar-refractivity contribution in [3.63, 3.8) is 0 Å². The van der Waals surface area contributed by atoms with Crippen LogP contribution in [0.5, 0.6) is 0 Å². The molecule has 0 saturated carbocycles. The van der Waals surface area contributed by atoms with E-state index in [0.717, 1.165) is 12.0 Å². The molecule has 0 fully saturated rings. The van der Waals surface area contributed by atoms with Gasteiger partial charge < -0.3 is 5.73 Å². The zero-order chi connectivity index (χ0) is 7.44. The second-order valence-corrected chi connectivity index (χ2v) is 2.14. The molecule has 0 aliphatic heterocycles. The lowest BCUT2D eigenvalue weighted by Crippen LogP contribution is -2.21. The van der Waals surface area contributed by atoms with E-state index in [-0.39, 0.29) is 11.8 Å². The molecule has 0 spiro atoms. The molecule has 0 heterocycles. The molecule has 52 valence electrons. The maximum Gasteiger partial charge on any atom is 0.224 e. The summed E-state index contributed by atoms with van der Waals surface area (Å²) >= 11 is 0. The molecule has 0 bridgehead atoms. The van der Waals surface area contributed by atoms with Crippen molar-refractivity contribution in [3.8, 4) is 0 Å². The van der Waals surface area contributed by atoms with E-state index in [4.69, 9.17) is 5.73 Å². The molecule has 1 unspecified atom stereocenters. The van der Waals surface area contributed by atoms with E-state index in [1.165, 1.54) is 0 Å². The minimum absolute atomic E-state index is 0.171. The fourth-order valence-electron chi connectivity index (χ4n) is 0.507. The summed E-state index contributed by atoms with van der Waals surface area (Å²) in [5, 5.41) is 0. The second-order valence-electron chi connectivity index (χ2n) is 2.14. The highest BCUT2D eigenvalue weighted by atomic mass is 16.1. The first-order valence-corrected chi connectivity index (χ1v) is 3.06. The van der Waals surface area contributed by atoms with Crippen molar-refractivity contribution in [1.82, 2.24) is 0 Å². The Labute approximate surface area is 55.7 Å². The topological polar surface area (TPSA) is 43.1 Å². The molecule has 0 aromatic carbocycles. The maximum atomic E-state index is 10.5. The summed E-state index contributed by atoms with van der Waals surface area (Å²) in [5.74, 6) is -0.461. The van der Waals surface area contributed by atoms with Crippen LogP contribution < -0.4 is 5.73 Å². The normalized spacial score (nSPS) is 12.7. The Morgan fingerprint density at radius 2 is 2.22 bits per heavy atom. The van der Waals surface area contributed by atoms with Crippen molar-refractivity contribution in [2.24, 2.45) is 11.7 Å². The highest BCUT2D eigenvalue weighted by Gasteiger charge is 2.09. The van der Waals surface area contributed by atoms with Crippen LogP contribution in [0.1, 0.15) is 20.3 Å². The third-order valence-corrected chi connectivity index (χ3v) is 1.49. The second kappa shape index (κ2) is 3.28. The zero-order valence-electron chi connectivity index (χ0n) is 5.98. The third-order valence-electron chi connectivity index (χ3n) is 1.49. The van der Waals surface area contributed by atoms with Crippen molar-refractivity contribution < 1.29 is 4.79 Å². The monoisotopic (exact) mass is 127 g/mol. The fraction of sp³-hybridized carbons (Fsp3) is 0.571. The highest BCUT2D eigenvalue weighted by molar-refractivity contribution is 5.79. The summed E-state index contributed by atoms with van der Waals surface area (Å²) in [7, 11) is 0. The quantitative estimate of drug-likeness (QED) is 0.566. The van der Waals surface area contributed by atoms with Gasteiger partial charge >= 0.3 is 0 Å². The van der Waals surface area contributed by atoms with Gasteiger partial charge in [0.05, 0.1) is 5.92 Å². The average molecular weight is 127 g/mol. The molecule has 1 amide bonds. The van der Waals surface area contributed by atoms with E-state index in [0.29, 0.717) is 0 Å². The predicted molar refractivity (Wildman–Crippen MR) is 37.8 cm³/mol. The van der Waals surface area contributed by atoms with Crippen LogP contribution in [0.15, 0.2) is 12.2 Å². The zero-order valence-corrected chi connectivity index (χ0v) is 5.98. The van der Waals surface area contributed by atoms with E-state index in [1.807, 2.05) is 6.92 Å². The molecule has 0 radical (unpaired) electrons. The van der Waals surface area contributed by atoms with Gasteiger partial charge in [0, 0.05) is 0 Å². The van der Waals surface area contributed by atoms with Crippen LogP contribution in [-0.2, 0) is 4.79 Å². The Hall–Kier alpha value is -0.790. The maximum absolute atomic E-state index is 10.5. The third kappa shape index (κ3) is 2.31. The smallest absolute Gasteiger partial charge is 0.224 e. The molecule has 2 heteroatoms. The van der Waals surface area contributed by atoms with E-state index in [9.17, 15) is 4.79 Å². The number of primary amides is 1. The highest BCUT2D eigenvalue weighted by Crippen LogP contribution is 2.09. The summed E-state index contributed by atoms with van der Waals surface area (Å²) < 4.78 is 0. The number of carbonyl (C=O) groups is 1. The fourth-order valence-corrected chi connectivity index (χ4v) is 0.507. The molecule has 0 aliphatic rings. The number of amides is 1. The molecule has 0 aromatic heterocycles. The lowest BCUT2D eigenvalue weighted by Gasteiger charge is -2.06. The van der Waals surface area contributed by atoms with Gasteiger partial charge in [0.25, 0.3) is 0 Å². The van der Waals surface area contributed by atoms with Crippen LogP contribution >= 0.6 is 0 Å². The van der Waals surface area contributed by atoms with Gasteiger partial charge in [-0.05, 0) is 13.3 Å². The molecule has 2 nitrogen and oxygen atoms in total.